The number of carbonyl (C=O) groups is 1. The van der Waals surface area contributed by atoms with E-state index in [1.165, 1.54) is 13.2 Å². The highest BCUT2D eigenvalue weighted by molar-refractivity contribution is 7.98. The zero-order valence-corrected chi connectivity index (χ0v) is 17.6. The Morgan fingerprint density at radius 2 is 1.90 bits per heavy atom. The lowest BCUT2D eigenvalue weighted by Crippen LogP contribution is -2.17. The number of hydrogen-bond donors (Lipinski definition) is 1. The monoisotopic (exact) mass is 431 g/mol. The normalized spacial score (nSPS) is 10.6. The molecule has 0 aliphatic carbocycles. The van der Waals surface area contributed by atoms with Crippen molar-refractivity contribution in [2.75, 3.05) is 18.7 Å². The summed E-state index contributed by atoms with van der Waals surface area (Å²) in [6.45, 7) is 3.40. The molecule has 3 rings (SSSR count). The molecule has 0 bridgehead atoms. The fourth-order valence-corrected chi connectivity index (χ4v) is 3.17. The molecule has 0 saturated carbocycles. The predicted octanol–water partition coefficient (Wildman–Crippen LogP) is 5.15. The molecule has 156 valence electrons. The van der Waals surface area contributed by atoms with E-state index < -0.39 is 23.3 Å². The smallest absolute Gasteiger partial charge is 0.261 e. The molecule has 0 saturated heterocycles. The van der Waals surface area contributed by atoms with E-state index in [1.807, 2.05) is 24.5 Å². The fraction of sp³-hybridized carbons (Fsp3) is 0.190. The van der Waals surface area contributed by atoms with E-state index in [9.17, 15) is 13.6 Å². The van der Waals surface area contributed by atoms with Gasteiger partial charge in [-0.1, -0.05) is 6.07 Å². The van der Waals surface area contributed by atoms with Crippen LogP contribution in [0.25, 0.3) is 0 Å². The van der Waals surface area contributed by atoms with Gasteiger partial charge >= 0.3 is 0 Å². The van der Waals surface area contributed by atoms with Crippen LogP contribution < -0.4 is 14.8 Å². The first-order valence-electron chi connectivity index (χ1n) is 8.84. The van der Waals surface area contributed by atoms with Crippen LogP contribution in [-0.2, 0) is 0 Å². The Balaban J connectivity index is 2.01. The van der Waals surface area contributed by atoms with Gasteiger partial charge < -0.3 is 14.8 Å². The number of benzene rings is 2. The van der Waals surface area contributed by atoms with Crippen LogP contribution in [0.1, 0.15) is 21.6 Å². The maximum absolute atomic E-state index is 14.0. The minimum atomic E-state index is -1.20. The topological polar surface area (TPSA) is 73.3 Å². The highest BCUT2D eigenvalue weighted by Gasteiger charge is 2.23. The van der Waals surface area contributed by atoms with Gasteiger partial charge in [-0.3, -0.25) is 4.79 Å². The van der Waals surface area contributed by atoms with Crippen molar-refractivity contribution in [3.63, 3.8) is 0 Å². The van der Waals surface area contributed by atoms with Crippen molar-refractivity contribution < 1.29 is 23.0 Å². The molecule has 6 nitrogen and oxygen atoms in total. The van der Waals surface area contributed by atoms with Crippen LogP contribution in [-0.4, -0.2) is 29.5 Å². The molecule has 0 atom stereocenters. The molecule has 0 spiro atoms. The number of nitrogens with zero attached hydrogens (tertiary/aromatic N) is 2. The summed E-state index contributed by atoms with van der Waals surface area (Å²) in [4.78, 5) is 14.0. The zero-order valence-electron chi connectivity index (χ0n) is 16.7. The van der Waals surface area contributed by atoms with Crippen molar-refractivity contribution >= 4 is 23.4 Å². The lowest BCUT2D eigenvalue weighted by Gasteiger charge is -2.15. The largest absolute Gasteiger partial charge is 0.490 e. The fourth-order valence-electron chi connectivity index (χ4n) is 2.71. The molecule has 0 aliphatic heterocycles. The van der Waals surface area contributed by atoms with Crippen molar-refractivity contribution in [3.8, 4) is 17.4 Å². The van der Waals surface area contributed by atoms with Gasteiger partial charge in [-0.05, 0) is 56.0 Å². The molecule has 1 N–H and O–H groups in total. The van der Waals surface area contributed by atoms with E-state index >= 15 is 0 Å². The van der Waals surface area contributed by atoms with Crippen molar-refractivity contribution in [1.29, 1.82) is 0 Å². The molecular formula is C21H19F2N3O3S. The molecule has 1 heterocycles. The van der Waals surface area contributed by atoms with Crippen LogP contribution in [0.4, 0.5) is 14.5 Å². The van der Waals surface area contributed by atoms with Crippen LogP contribution >= 0.6 is 11.8 Å². The van der Waals surface area contributed by atoms with Gasteiger partial charge in [-0.2, -0.15) is 9.49 Å². The van der Waals surface area contributed by atoms with Crippen molar-refractivity contribution in [1.82, 2.24) is 10.2 Å². The number of thioether (sulfide) groups is 1. The zero-order chi connectivity index (χ0) is 21.8. The summed E-state index contributed by atoms with van der Waals surface area (Å²) in [5, 5.41) is 10.7. The van der Waals surface area contributed by atoms with Gasteiger partial charge in [0, 0.05) is 10.6 Å². The lowest BCUT2D eigenvalue weighted by atomic mass is 10.1. The van der Waals surface area contributed by atoms with Crippen LogP contribution in [0.3, 0.4) is 0 Å². The number of aromatic nitrogens is 2. The number of carbonyl (C=O) groups excluding carboxylic acids is 1. The highest BCUT2D eigenvalue weighted by Crippen LogP contribution is 2.36. The Morgan fingerprint density at radius 1 is 1.13 bits per heavy atom. The summed E-state index contributed by atoms with van der Waals surface area (Å²) in [6.07, 6.45) is 1.93. The number of rotatable bonds is 6. The molecule has 9 heteroatoms. The number of hydrogen-bond acceptors (Lipinski definition) is 6. The standard InChI is InChI=1S/C21H19F2N3O3S/c1-11-12(2)25-26-21(29-16-9-8-15(22)18(23)19(16)28-3)17(11)20(27)24-13-6-5-7-14(10-13)30-4/h5-10H,1-4H3,(H,24,27). The third-order valence-corrected chi connectivity index (χ3v) is 5.13. The van der Waals surface area contributed by atoms with Crippen molar-refractivity contribution in [2.45, 2.75) is 18.7 Å². The maximum Gasteiger partial charge on any atom is 0.261 e. The number of anilines is 1. The second kappa shape index (κ2) is 9.08. The van der Waals surface area contributed by atoms with Crippen molar-refractivity contribution in [3.05, 3.63) is 64.9 Å². The summed E-state index contributed by atoms with van der Waals surface area (Å²) < 4.78 is 38.1. The number of amides is 1. The number of halogens is 2. The first kappa shape index (κ1) is 21.5. The summed E-state index contributed by atoms with van der Waals surface area (Å²) in [6, 6.07) is 9.43. The lowest BCUT2D eigenvalue weighted by molar-refractivity contribution is 0.102. The highest BCUT2D eigenvalue weighted by atomic mass is 32.2. The Bertz CT molecular complexity index is 1110. The minimum absolute atomic E-state index is 0.129. The molecule has 0 radical (unpaired) electrons. The number of aryl methyl sites for hydroxylation is 1. The van der Waals surface area contributed by atoms with Crippen LogP contribution in [0.5, 0.6) is 17.4 Å². The predicted molar refractivity (Wildman–Crippen MR) is 111 cm³/mol. The summed E-state index contributed by atoms with van der Waals surface area (Å²) >= 11 is 1.54. The van der Waals surface area contributed by atoms with Crippen LogP contribution in [0.15, 0.2) is 41.3 Å². The first-order valence-corrected chi connectivity index (χ1v) is 10.1. The van der Waals surface area contributed by atoms with E-state index in [0.717, 1.165) is 11.0 Å². The SMILES string of the molecule is COc1c(Oc2nnc(C)c(C)c2C(=O)Nc2cccc(SC)c2)ccc(F)c1F. The second-order valence-electron chi connectivity index (χ2n) is 6.27. The third kappa shape index (κ3) is 4.35. The van der Waals surface area contributed by atoms with Crippen LogP contribution in [0, 0.1) is 25.5 Å². The number of ether oxygens (including phenoxy) is 2. The summed E-state index contributed by atoms with van der Waals surface area (Å²) in [7, 11) is 1.18. The molecule has 3 aromatic rings. The molecule has 0 unspecified atom stereocenters. The molecular weight excluding hydrogens is 412 g/mol. The van der Waals surface area contributed by atoms with Gasteiger partial charge in [0.25, 0.3) is 11.8 Å². The van der Waals surface area contributed by atoms with E-state index in [4.69, 9.17) is 9.47 Å². The molecule has 0 aliphatic rings. The molecule has 1 aromatic heterocycles. The summed E-state index contributed by atoms with van der Waals surface area (Å²) in [5.41, 5.74) is 1.80. The van der Waals surface area contributed by atoms with Gasteiger partial charge in [-0.25, -0.2) is 4.39 Å². The quantitative estimate of drug-likeness (QED) is 0.545. The Hall–Kier alpha value is -3.20. The number of methoxy groups -OCH3 is 1. The molecule has 30 heavy (non-hydrogen) atoms. The number of nitrogens with one attached hydrogen (secondary N) is 1. The second-order valence-corrected chi connectivity index (χ2v) is 7.15. The molecule has 1 amide bonds. The Labute approximate surface area is 176 Å². The average Bonchev–Trinajstić information content (AvgIpc) is 2.73. The third-order valence-electron chi connectivity index (χ3n) is 4.40. The van der Waals surface area contributed by atoms with Gasteiger partial charge in [0.15, 0.2) is 11.6 Å². The van der Waals surface area contributed by atoms with E-state index in [2.05, 4.69) is 15.5 Å². The molecule has 2 aromatic carbocycles. The van der Waals surface area contributed by atoms with Crippen molar-refractivity contribution in [2.24, 2.45) is 0 Å². The average molecular weight is 431 g/mol. The van der Waals surface area contributed by atoms with E-state index in [1.54, 1.807) is 31.7 Å². The van der Waals surface area contributed by atoms with Gasteiger partial charge in [0.05, 0.1) is 12.8 Å². The summed E-state index contributed by atoms with van der Waals surface area (Å²) in [5.74, 6) is -3.48. The van der Waals surface area contributed by atoms with E-state index in [0.29, 0.717) is 16.9 Å². The molecule has 0 fully saturated rings. The maximum atomic E-state index is 14.0. The Kier molecular flexibility index (Phi) is 6.51. The minimum Gasteiger partial charge on any atom is -0.490 e. The van der Waals surface area contributed by atoms with Gasteiger partial charge in [0.2, 0.25) is 11.6 Å². The first-order chi connectivity index (χ1) is 14.3. The van der Waals surface area contributed by atoms with E-state index in [-0.39, 0.29) is 17.2 Å². The Morgan fingerprint density at radius 3 is 2.60 bits per heavy atom. The van der Waals surface area contributed by atoms with Crippen LogP contribution in [0.2, 0.25) is 0 Å². The van der Waals surface area contributed by atoms with Gasteiger partial charge in [-0.15, -0.1) is 16.9 Å². The van der Waals surface area contributed by atoms with Gasteiger partial charge in [0.1, 0.15) is 5.56 Å².